The number of hydrogen-bond acceptors (Lipinski definition) is 8. The molecule has 0 aliphatic rings. The molecule has 0 saturated carbocycles. The number of esters is 2. The molecular formula is C15H26N2O6S2. The highest BCUT2D eigenvalue weighted by Crippen LogP contribution is 2.31. The Kier molecular flexibility index (Phi) is 11.3. The van der Waals surface area contributed by atoms with E-state index >= 15 is 0 Å². The molecule has 0 aromatic heterocycles. The van der Waals surface area contributed by atoms with Gasteiger partial charge in [-0.25, -0.2) is 4.79 Å². The number of hydrogen-bond donors (Lipinski definition) is 2. The number of carbonyl (C=O) groups is 4. The molecule has 0 aliphatic heterocycles. The van der Waals surface area contributed by atoms with Gasteiger partial charge >= 0.3 is 11.9 Å². The van der Waals surface area contributed by atoms with Crippen molar-refractivity contribution in [3.05, 3.63) is 0 Å². The molecule has 0 spiro atoms. The lowest BCUT2D eigenvalue weighted by atomic mass is 10.0. The summed E-state index contributed by atoms with van der Waals surface area (Å²) in [5.41, 5.74) is 0. The Morgan fingerprint density at radius 2 is 1.40 bits per heavy atom. The van der Waals surface area contributed by atoms with Crippen LogP contribution in [-0.2, 0) is 28.7 Å². The minimum absolute atomic E-state index is 0.107. The first-order valence-electron chi connectivity index (χ1n) is 7.68. The van der Waals surface area contributed by atoms with Crippen LogP contribution >= 0.6 is 21.6 Å². The third-order valence-electron chi connectivity index (χ3n) is 3.14. The average Bonchev–Trinajstić information content (AvgIpc) is 2.59. The van der Waals surface area contributed by atoms with Gasteiger partial charge in [-0.3, -0.25) is 14.4 Å². The largest absolute Gasteiger partial charge is 0.468 e. The van der Waals surface area contributed by atoms with Crippen LogP contribution in [0, 0.1) is 5.92 Å². The summed E-state index contributed by atoms with van der Waals surface area (Å²) in [6.45, 7) is 6.77. The van der Waals surface area contributed by atoms with E-state index in [1.165, 1.54) is 35.8 Å². The van der Waals surface area contributed by atoms with Crippen LogP contribution in [0.2, 0.25) is 0 Å². The van der Waals surface area contributed by atoms with Gasteiger partial charge in [-0.05, 0) is 19.8 Å². The van der Waals surface area contributed by atoms with Crippen LogP contribution in [0.5, 0.6) is 0 Å². The second-order valence-corrected chi connectivity index (χ2v) is 8.48. The van der Waals surface area contributed by atoms with Gasteiger partial charge in [0, 0.05) is 0 Å². The monoisotopic (exact) mass is 394 g/mol. The van der Waals surface area contributed by atoms with Gasteiger partial charge in [-0.1, -0.05) is 35.4 Å². The van der Waals surface area contributed by atoms with Crippen LogP contribution in [0.4, 0.5) is 0 Å². The van der Waals surface area contributed by atoms with E-state index in [-0.39, 0.29) is 24.3 Å². The summed E-state index contributed by atoms with van der Waals surface area (Å²) in [7, 11) is 4.92. The van der Waals surface area contributed by atoms with Crippen LogP contribution in [0.3, 0.4) is 0 Å². The maximum absolute atomic E-state index is 12.2. The van der Waals surface area contributed by atoms with Gasteiger partial charge in [0.15, 0.2) is 0 Å². The van der Waals surface area contributed by atoms with Gasteiger partial charge in [-0.2, -0.15) is 0 Å². The van der Waals surface area contributed by atoms with E-state index in [0.717, 1.165) is 0 Å². The summed E-state index contributed by atoms with van der Waals surface area (Å²) in [5.74, 6) is -1.78. The van der Waals surface area contributed by atoms with Gasteiger partial charge in [0.25, 0.3) is 0 Å². The second-order valence-electron chi connectivity index (χ2n) is 5.52. The standard InChI is InChI=1S/C15H26N2O6S2/c1-8(2)12(15(21)23-6)17-14(20)10(4)25-24-9(3)13(19)16-7-11(18)22-5/h8-10,12H,7H2,1-6H3,(H,16,19)(H,17,20). The highest BCUT2D eigenvalue weighted by Gasteiger charge is 2.27. The maximum Gasteiger partial charge on any atom is 0.328 e. The topological polar surface area (TPSA) is 111 Å². The summed E-state index contributed by atoms with van der Waals surface area (Å²) >= 11 is 0. The molecule has 8 nitrogen and oxygen atoms in total. The molecule has 0 aromatic rings. The number of carbonyl (C=O) groups excluding carboxylic acids is 4. The van der Waals surface area contributed by atoms with E-state index in [1.54, 1.807) is 13.8 Å². The van der Waals surface area contributed by atoms with Gasteiger partial charge in [0.2, 0.25) is 11.8 Å². The third kappa shape index (κ3) is 9.01. The van der Waals surface area contributed by atoms with Crippen molar-refractivity contribution in [2.75, 3.05) is 20.8 Å². The van der Waals surface area contributed by atoms with E-state index in [1.807, 2.05) is 13.8 Å². The minimum atomic E-state index is -0.716. The Labute approximate surface area is 155 Å². The lowest BCUT2D eigenvalue weighted by Gasteiger charge is -2.22. The molecule has 2 amide bonds. The maximum atomic E-state index is 12.2. The first-order chi connectivity index (χ1) is 11.6. The van der Waals surface area contributed by atoms with E-state index in [9.17, 15) is 19.2 Å². The molecule has 0 heterocycles. The predicted octanol–water partition coefficient (Wildman–Crippen LogP) is 0.748. The van der Waals surface area contributed by atoms with Crippen molar-refractivity contribution in [1.82, 2.24) is 10.6 Å². The summed E-state index contributed by atoms with van der Waals surface area (Å²) in [4.78, 5) is 46.7. The summed E-state index contributed by atoms with van der Waals surface area (Å²) in [5, 5.41) is 4.16. The van der Waals surface area contributed by atoms with Gasteiger partial charge in [-0.15, -0.1) is 0 Å². The molecule has 2 N–H and O–H groups in total. The number of methoxy groups -OCH3 is 2. The number of amides is 2. The van der Waals surface area contributed by atoms with Crippen LogP contribution in [-0.4, -0.2) is 61.1 Å². The molecule has 25 heavy (non-hydrogen) atoms. The van der Waals surface area contributed by atoms with Gasteiger partial charge in [0.1, 0.15) is 12.6 Å². The molecule has 0 saturated heterocycles. The van der Waals surface area contributed by atoms with Crippen molar-refractivity contribution < 1.29 is 28.7 Å². The molecule has 10 heteroatoms. The molecule has 0 aliphatic carbocycles. The Morgan fingerprint density at radius 1 is 0.880 bits per heavy atom. The number of rotatable bonds is 10. The zero-order chi connectivity index (χ0) is 19.6. The number of ether oxygens (including phenoxy) is 2. The second kappa shape index (κ2) is 12.0. The fraction of sp³-hybridized carbons (Fsp3) is 0.733. The average molecular weight is 395 g/mol. The Bertz CT molecular complexity index is 487. The van der Waals surface area contributed by atoms with E-state index in [2.05, 4.69) is 20.1 Å². The van der Waals surface area contributed by atoms with Crippen molar-refractivity contribution in [1.29, 1.82) is 0 Å². The van der Waals surface area contributed by atoms with Gasteiger partial charge in [0.05, 0.1) is 24.7 Å². The van der Waals surface area contributed by atoms with Gasteiger partial charge < -0.3 is 20.1 Å². The molecule has 0 rings (SSSR count). The summed E-state index contributed by atoms with van der Waals surface area (Å²) in [6.07, 6.45) is 0. The fourth-order valence-corrected chi connectivity index (χ4v) is 3.71. The van der Waals surface area contributed by atoms with Crippen molar-refractivity contribution in [2.24, 2.45) is 5.92 Å². The Balaban J connectivity index is 4.41. The molecule has 3 unspecified atom stereocenters. The zero-order valence-corrected chi connectivity index (χ0v) is 16.9. The lowest BCUT2D eigenvalue weighted by Crippen LogP contribution is -2.47. The lowest BCUT2D eigenvalue weighted by molar-refractivity contribution is -0.146. The van der Waals surface area contributed by atoms with E-state index in [4.69, 9.17) is 0 Å². The van der Waals surface area contributed by atoms with Crippen LogP contribution in [0.15, 0.2) is 0 Å². The zero-order valence-electron chi connectivity index (χ0n) is 15.3. The normalized spacial score (nSPS) is 14.2. The quantitative estimate of drug-likeness (QED) is 0.412. The Morgan fingerprint density at radius 3 is 1.84 bits per heavy atom. The SMILES string of the molecule is COC(=O)CNC(=O)C(C)SSC(C)C(=O)NC(C(=O)OC)C(C)C. The fourth-order valence-electron chi connectivity index (χ4n) is 1.52. The highest BCUT2D eigenvalue weighted by atomic mass is 33.1. The molecule has 0 radical (unpaired) electrons. The summed E-state index contributed by atoms with van der Waals surface area (Å²) < 4.78 is 9.12. The van der Waals surface area contributed by atoms with E-state index in [0.29, 0.717) is 0 Å². The third-order valence-corrected chi connectivity index (χ3v) is 6.32. The van der Waals surface area contributed by atoms with Crippen LogP contribution in [0.1, 0.15) is 27.7 Å². The highest BCUT2D eigenvalue weighted by molar-refractivity contribution is 8.77. The first-order valence-corrected chi connectivity index (χ1v) is 9.96. The van der Waals surface area contributed by atoms with Crippen molar-refractivity contribution in [3.63, 3.8) is 0 Å². The molecular weight excluding hydrogens is 368 g/mol. The molecule has 0 bridgehead atoms. The molecule has 0 aromatic carbocycles. The first kappa shape index (κ1) is 23.6. The molecule has 0 fully saturated rings. The molecule has 3 atom stereocenters. The van der Waals surface area contributed by atoms with Crippen molar-refractivity contribution in [2.45, 2.75) is 44.2 Å². The van der Waals surface area contributed by atoms with Crippen LogP contribution in [0.25, 0.3) is 0 Å². The predicted molar refractivity (Wildman–Crippen MR) is 97.9 cm³/mol. The van der Waals surface area contributed by atoms with E-state index < -0.39 is 28.5 Å². The number of nitrogens with one attached hydrogen (secondary N) is 2. The minimum Gasteiger partial charge on any atom is -0.468 e. The smallest absolute Gasteiger partial charge is 0.328 e. The Hall–Kier alpha value is -1.42. The van der Waals surface area contributed by atoms with Crippen LogP contribution < -0.4 is 10.6 Å². The van der Waals surface area contributed by atoms with Crippen molar-refractivity contribution in [3.8, 4) is 0 Å². The molecule has 144 valence electrons. The van der Waals surface area contributed by atoms with Crippen molar-refractivity contribution >= 4 is 45.3 Å². The summed E-state index contributed by atoms with van der Waals surface area (Å²) in [6, 6.07) is -0.716.